The molecule has 1 heterocycles. The van der Waals surface area contributed by atoms with Gasteiger partial charge < -0.3 is 5.32 Å². The number of rotatable bonds is 4. The lowest BCUT2D eigenvalue weighted by atomic mass is 10.0. The van der Waals surface area contributed by atoms with Gasteiger partial charge in [0, 0.05) is 24.4 Å². The Labute approximate surface area is 117 Å². The van der Waals surface area contributed by atoms with E-state index in [4.69, 9.17) is 11.6 Å². The standard InChI is InChI=1S/C15H16ClFN2/c1-10-3-5-12(19-9-10)8-15(18-2)11-4-6-13(16)14(17)7-11/h3-7,9,15,18H,8H2,1-2H3. The van der Waals surface area contributed by atoms with Crippen LogP contribution in [0.4, 0.5) is 4.39 Å². The van der Waals surface area contributed by atoms with E-state index in [0.717, 1.165) is 16.8 Å². The summed E-state index contributed by atoms with van der Waals surface area (Å²) in [7, 11) is 1.85. The zero-order valence-electron chi connectivity index (χ0n) is 11.0. The number of aromatic nitrogens is 1. The summed E-state index contributed by atoms with van der Waals surface area (Å²) >= 11 is 5.70. The van der Waals surface area contributed by atoms with E-state index in [9.17, 15) is 4.39 Å². The number of nitrogens with one attached hydrogen (secondary N) is 1. The first-order valence-electron chi connectivity index (χ1n) is 6.14. The maximum Gasteiger partial charge on any atom is 0.142 e. The van der Waals surface area contributed by atoms with Crippen molar-refractivity contribution in [3.05, 3.63) is 64.2 Å². The van der Waals surface area contributed by atoms with Crippen LogP contribution < -0.4 is 5.32 Å². The normalized spacial score (nSPS) is 12.4. The molecule has 1 aromatic heterocycles. The Bertz CT molecular complexity index is 555. The lowest BCUT2D eigenvalue weighted by molar-refractivity contribution is 0.572. The second kappa shape index (κ2) is 6.13. The summed E-state index contributed by atoms with van der Waals surface area (Å²) < 4.78 is 13.5. The molecule has 0 saturated carbocycles. The molecule has 4 heteroatoms. The number of halogens is 2. The van der Waals surface area contributed by atoms with Crippen LogP contribution in [0.2, 0.25) is 5.02 Å². The molecule has 1 aromatic carbocycles. The molecule has 0 bridgehead atoms. The number of pyridine rings is 1. The van der Waals surface area contributed by atoms with Crippen LogP contribution in [-0.4, -0.2) is 12.0 Å². The fraction of sp³-hybridized carbons (Fsp3) is 0.267. The third-order valence-corrected chi connectivity index (χ3v) is 3.39. The second-order valence-corrected chi connectivity index (χ2v) is 4.95. The minimum atomic E-state index is -0.392. The SMILES string of the molecule is CNC(Cc1ccc(C)cn1)c1ccc(Cl)c(F)c1. The predicted octanol–water partition coefficient (Wildman–Crippen LogP) is 3.69. The van der Waals surface area contributed by atoms with Crippen LogP contribution >= 0.6 is 11.6 Å². The van der Waals surface area contributed by atoms with Crippen LogP contribution in [0.1, 0.15) is 22.9 Å². The molecule has 0 aliphatic rings. The minimum Gasteiger partial charge on any atom is -0.313 e. The van der Waals surface area contributed by atoms with Gasteiger partial charge in [-0.05, 0) is 43.3 Å². The molecule has 100 valence electrons. The quantitative estimate of drug-likeness (QED) is 0.923. The Morgan fingerprint density at radius 1 is 1.32 bits per heavy atom. The summed E-state index contributed by atoms with van der Waals surface area (Å²) in [6.07, 6.45) is 2.54. The fourth-order valence-electron chi connectivity index (χ4n) is 1.94. The van der Waals surface area contributed by atoms with Crippen molar-refractivity contribution < 1.29 is 4.39 Å². The highest BCUT2D eigenvalue weighted by atomic mass is 35.5. The van der Waals surface area contributed by atoms with E-state index in [1.165, 1.54) is 6.07 Å². The summed E-state index contributed by atoms with van der Waals surface area (Å²) in [6, 6.07) is 8.92. The fourth-order valence-corrected chi connectivity index (χ4v) is 2.06. The lowest BCUT2D eigenvalue weighted by Crippen LogP contribution is -2.19. The number of likely N-dealkylation sites (N-methyl/N-ethyl adjacent to an activating group) is 1. The average molecular weight is 279 g/mol. The number of hydrogen-bond acceptors (Lipinski definition) is 2. The van der Waals surface area contributed by atoms with Gasteiger partial charge in [0.25, 0.3) is 0 Å². The van der Waals surface area contributed by atoms with E-state index < -0.39 is 5.82 Å². The third kappa shape index (κ3) is 3.52. The van der Waals surface area contributed by atoms with Gasteiger partial charge in [0.1, 0.15) is 5.82 Å². The molecule has 0 aliphatic carbocycles. The van der Waals surface area contributed by atoms with Crippen LogP contribution in [0.5, 0.6) is 0 Å². The Morgan fingerprint density at radius 2 is 2.11 bits per heavy atom. The monoisotopic (exact) mass is 278 g/mol. The van der Waals surface area contributed by atoms with Crippen molar-refractivity contribution in [2.75, 3.05) is 7.05 Å². The molecule has 19 heavy (non-hydrogen) atoms. The van der Waals surface area contributed by atoms with Gasteiger partial charge in [-0.15, -0.1) is 0 Å². The predicted molar refractivity (Wildman–Crippen MR) is 75.9 cm³/mol. The summed E-state index contributed by atoms with van der Waals surface area (Å²) in [5.74, 6) is -0.392. The second-order valence-electron chi connectivity index (χ2n) is 4.55. The van der Waals surface area contributed by atoms with E-state index in [1.807, 2.05) is 38.4 Å². The van der Waals surface area contributed by atoms with Crippen LogP contribution in [0.25, 0.3) is 0 Å². The van der Waals surface area contributed by atoms with E-state index in [2.05, 4.69) is 10.3 Å². The maximum absolute atomic E-state index is 13.5. The van der Waals surface area contributed by atoms with Gasteiger partial charge in [-0.25, -0.2) is 4.39 Å². The highest BCUT2D eigenvalue weighted by molar-refractivity contribution is 6.30. The van der Waals surface area contributed by atoms with Crippen LogP contribution in [0, 0.1) is 12.7 Å². The zero-order valence-corrected chi connectivity index (χ0v) is 11.7. The van der Waals surface area contributed by atoms with Crippen molar-refractivity contribution in [1.82, 2.24) is 10.3 Å². The molecule has 2 aromatic rings. The molecule has 0 fully saturated rings. The molecule has 1 N–H and O–H groups in total. The number of hydrogen-bond donors (Lipinski definition) is 1. The molecule has 2 nitrogen and oxygen atoms in total. The van der Waals surface area contributed by atoms with Crippen molar-refractivity contribution in [3.8, 4) is 0 Å². The van der Waals surface area contributed by atoms with E-state index >= 15 is 0 Å². The Balaban J connectivity index is 2.19. The Kier molecular flexibility index (Phi) is 4.51. The average Bonchev–Trinajstić information content (AvgIpc) is 2.41. The molecule has 0 aliphatic heterocycles. The van der Waals surface area contributed by atoms with Crippen molar-refractivity contribution in [3.63, 3.8) is 0 Å². The summed E-state index contributed by atoms with van der Waals surface area (Å²) in [5, 5.41) is 3.32. The van der Waals surface area contributed by atoms with Crippen molar-refractivity contribution in [2.24, 2.45) is 0 Å². The molecule has 0 radical (unpaired) electrons. The first kappa shape index (κ1) is 14.0. The zero-order chi connectivity index (χ0) is 13.8. The maximum atomic E-state index is 13.5. The lowest BCUT2D eigenvalue weighted by Gasteiger charge is -2.16. The highest BCUT2D eigenvalue weighted by Crippen LogP contribution is 2.22. The number of nitrogens with zero attached hydrogens (tertiary/aromatic N) is 1. The van der Waals surface area contributed by atoms with Gasteiger partial charge in [-0.1, -0.05) is 23.7 Å². The first-order chi connectivity index (χ1) is 9.10. The minimum absolute atomic E-state index is 0.0157. The third-order valence-electron chi connectivity index (χ3n) is 3.08. The van der Waals surface area contributed by atoms with Gasteiger partial charge in [0.15, 0.2) is 0 Å². The molecular weight excluding hydrogens is 263 g/mol. The number of benzene rings is 1. The summed E-state index contributed by atoms with van der Waals surface area (Å²) in [6.45, 7) is 2.00. The van der Waals surface area contributed by atoms with E-state index in [-0.39, 0.29) is 11.1 Å². The van der Waals surface area contributed by atoms with Crippen LogP contribution in [0.3, 0.4) is 0 Å². The van der Waals surface area contributed by atoms with Gasteiger partial charge in [0.05, 0.1) is 5.02 Å². The molecule has 0 amide bonds. The summed E-state index contributed by atoms with van der Waals surface area (Å²) in [5.41, 5.74) is 2.97. The first-order valence-corrected chi connectivity index (χ1v) is 6.51. The summed E-state index contributed by atoms with van der Waals surface area (Å²) in [4.78, 5) is 4.37. The molecule has 0 spiro atoms. The van der Waals surface area contributed by atoms with Gasteiger partial charge >= 0.3 is 0 Å². The number of aryl methyl sites for hydroxylation is 1. The molecule has 1 atom stereocenters. The highest BCUT2D eigenvalue weighted by Gasteiger charge is 2.12. The Morgan fingerprint density at radius 3 is 2.68 bits per heavy atom. The molecule has 0 saturated heterocycles. The topological polar surface area (TPSA) is 24.9 Å². The van der Waals surface area contributed by atoms with Crippen molar-refractivity contribution >= 4 is 11.6 Å². The van der Waals surface area contributed by atoms with Crippen molar-refractivity contribution in [1.29, 1.82) is 0 Å². The molecule has 2 rings (SSSR count). The van der Waals surface area contributed by atoms with Crippen LogP contribution in [0.15, 0.2) is 36.5 Å². The molecular formula is C15H16ClFN2. The van der Waals surface area contributed by atoms with E-state index in [0.29, 0.717) is 6.42 Å². The molecule has 1 unspecified atom stereocenters. The van der Waals surface area contributed by atoms with Crippen LogP contribution in [-0.2, 0) is 6.42 Å². The largest absolute Gasteiger partial charge is 0.313 e. The van der Waals surface area contributed by atoms with Crippen molar-refractivity contribution in [2.45, 2.75) is 19.4 Å². The van der Waals surface area contributed by atoms with E-state index in [1.54, 1.807) is 6.07 Å². The van der Waals surface area contributed by atoms with Gasteiger partial charge in [-0.3, -0.25) is 4.98 Å². The Hall–Kier alpha value is -1.45. The van der Waals surface area contributed by atoms with Gasteiger partial charge in [-0.2, -0.15) is 0 Å². The smallest absolute Gasteiger partial charge is 0.142 e. The van der Waals surface area contributed by atoms with Gasteiger partial charge in [0.2, 0.25) is 0 Å².